The van der Waals surface area contributed by atoms with Gasteiger partial charge in [0.1, 0.15) is 5.82 Å². The van der Waals surface area contributed by atoms with E-state index < -0.39 is 5.91 Å². The maximum Gasteiger partial charge on any atom is 0.277 e. The van der Waals surface area contributed by atoms with Crippen molar-refractivity contribution < 1.29 is 14.4 Å². The number of carbonyl (C=O) groups excluding carboxylic acids is 1. The van der Waals surface area contributed by atoms with Crippen LogP contribution in [0.25, 0.3) is 10.9 Å². The fourth-order valence-corrected chi connectivity index (χ4v) is 3.05. The van der Waals surface area contributed by atoms with Gasteiger partial charge in [-0.3, -0.25) is 10.0 Å². The second-order valence-electron chi connectivity index (χ2n) is 5.66. The van der Waals surface area contributed by atoms with Crippen molar-refractivity contribution in [2.24, 2.45) is 0 Å². The number of aromatic nitrogens is 3. The van der Waals surface area contributed by atoms with Gasteiger partial charge in [-0.15, -0.1) is 0 Å². The first-order valence-corrected chi connectivity index (χ1v) is 7.46. The number of rotatable bonds is 2. The highest BCUT2D eigenvalue weighted by atomic mass is 19.1. The Labute approximate surface area is 136 Å². The molecule has 1 aliphatic heterocycles. The molecule has 122 valence electrons. The molecule has 0 unspecified atom stereocenters. The number of anilines is 1. The Kier molecular flexibility index (Phi) is 3.39. The van der Waals surface area contributed by atoms with E-state index in [0.29, 0.717) is 19.0 Å². The first-order valence-electron chi connectivity index (χ1n) is 7.46. The monoisotopic (exact) mass is 327 g/mol. The van der Waals surface area contributed by atoms with Gasteiger partial charge in [-0.2, -0.15) is 0 Å². The highest BCUT2D eigenvalue weighted by Gasteiger charge is 2.22. The summed E-state index contributed by atoms with van der Waals surface area (Å²) in [5.74, 6) is -0.395. The molecule has 0 saturated heterocycles. The predicted molar refractivity (Wildman–Crippen MR) is 84.3 cm³/mol. The lowest BCUT2D eigenvalue weighted by atomic mass is 10.0. The molecule has 3 N–H and O–H groups in total. The standard InChI is InChI=1S/C16H14FN5O2/c17-10-1-2-13-12(5-10)11-3-4-22(8-14(11)20-13)16-18-6-9(7-19-16)15(23)21-24/h1-2,5-7,20,24H,3-4,8H2,(H,21,23). The molecule has 0 spiro atoms. The van der Waals surface area contributed by atoms with E-state index in [0.717, 1.165) is 28.6 Å². The van der Waals surface area contributed by atoms with Crippen molar-refractivity contribution in [1.82, 2.24) is 20.4 Å². The summed E-state index contributed by atoms with van der Waals surface area (Å²) in [4.78, 5) is 25.0. The first-order chi connectivity index (χ1) is 11.7. The van der Waals surface area contributed by atoms with Crippen molar-refractivity contribution >= 4 is 22.8 Å². The average molecular weight is 327 g/mol. The lowest BCUT2D eigenvalue weighted by molar-refractivity contribution is 0.0705. The summed E-state index contributed by atoms with van der Waals surface area (Å²) in [5.41, 5.74) is 4.78. The number of fused-ring (bicyclic) bond motifs is 3. The SMILES string of the molecule is O=C(NO)c1cnc(N2CCc3c([nH]c4ccc(F)cc34)C2)nc1. The van der Waals surface area contributed by atoms with Gasteiger partial charge >= 0.3 is 0 Å². The van der Waals surface area contributed by atoms with Crippen molar-refractivity contribution in [2.75, 3.05) is 11.4 Å². The molecule has 1 aliphatic rings. The summed E-state index contributed by atoms with van der Waals surface area (Å²) in [6.07, 6.45) is 3.48. The van der Waals surface area contributed by atoms with Gasteiger partial charge in [-0.1, -0.05) is 0 Å². The minimum absolute atomic E-state index is 0.181. The van der Waals surface area contributed by atoms with Gasteiger partial charge in [0.2, 0.25) is 5.95 Å². The van der Waals surface area contributed by atoms with Crippen molar-refractivity contribution in [3.63, 3.8) is 0 Å². The molecule has 1 amide bonds. The fraction of sp³-hybridized carbons (Fsp3) is 0.188. The molecule has 3 aromatic rings. The van der Waals surface area contributed by atoms with Gasteiger partial charge in [-0.25, -0.2) is 19.8 Å². The molecule has 0 radical (unpaired) electrons. The van der Waals surface area contributed by atoms with E-state index in [1.165, 1.54) is 18.5 Å². The highest BCUT2D eigenvalue weighted by molar-refractivity contribution is 5.92. The number of hydrogen-bond donors (Lipinski definition) is 3. The number of nitrogens with zero attached hydrogens (tertiary/aromatic N) is 3. The number of H-pyrrole nitrogens is 1. The smallest absolute Gasteiger partial charge is 0.277 e. The zero-order valence-corrected chi connectivity index (χ0v) is 12.6. The van der Waals surface area contributed by atoms with Crippen molar-refractivity contribution in [1.29, 1.82) is 0 Å². The summed E-state index contributed by atoms with van der Waals surface area (Å²) in [5, 5.41) is 9.52. The number of hydrogen-bond acceptors (Lipinski definition) is 5. The zero-order chi connectivity index (χ0) is 16.7. The molecule has 3 heterocycles. The Morgan fingerprint density at radius 3 is 2.88 bits per heavy atom. The normalized spacial score (nSPS) is 13.8. The third-order valence-corrected chi connectivity index (χ3v) is 4.22. The van der Waals surface area contributed by atoms with Crippen LogP contribution < -0.4 is 10.4 Å². The number of nitrogens with one attached hydrogen (secondary N) is 2. The summed E-state index contributed by atoms with van der Waals surface area (Å²) in [6.45, 7) is 1.28. The van der Waals surface area contributed by atoms with Gasteiger partial charge in [0.05, 0.1) is 12.1 Å². The Hall–Kier alpha value is -3.00. The third-order valence-electron chi connectivity index (χ3n) is 4.22. The number of carbonyl (C=O) groups is 1. The lowest BCUT2D eigenvalue weighted by Crippen LogP contribution is -2.31. The van der Waals surface area contributed by atoms with E-state index in [-0.39, 0.29) is 11.4 Å². The quantitative estimate of drug-likeness (QED) is 0.493. The van der Waals surface area contributed by atoms with Gasteiger partial charge in [-0.05, 0) is 30.2 Å². The molecule has 8 heteroatoms. The number of halogens is 1. The molecular formula is C16H14FN5O2. The summed E-state index contributed by atoms with van der Waals surface area (Å²) in [7, 11) is 0. The van der Waals surface area contributed by atoms with Crippen LogP contribution in [0.15, 0.2) is 30.6 Å². The Bertz CT molecular complexity index is 922. The number of aromatic amines is 1. The number of hydroxylamine groups is 1. The van der Waals surface area contributed by atoms with E-state index >= 15 is 0 Å². The van der Waals surface area contributed by atoms with Crippen LogP contribution in [-0.2, 0) is 13.0 Å². The number of benzene rings is 1. The van der Waals surface area contributed by atoms with Crippen molar-refractivity contribution in [3.8, 4) is 0 Å². The van der Waals surface area contributed by atoms with Gasteiger partial charge in [0, 0.05) is 35.5 Å². The van der Waals surface area contributed by atoms with Crippen LogP contribution in [0.1, 0.15) is 21.6 Å². The number of amides is 1. The largest absolute Gasteiger partial charge is 0.357 e. The van der Waals surface area contributed by atoms with Gasteiger partial charge < -0.3 is 9.88 Å². The molecule has 0 atom stereocenters. The maximum absolute atomic E-state index is 13.5. The Morgan fingerprint density at radius 2 is 2.12 bits per heavy atom. The summed E-state index contributed by atoms with van der Waals surface area (Å²) in [6, 6.07) is 4.74. The molecule has 0 fully saturated rings. The topological polar surface area (TPSA) is 94.1 Å². The second-order valence-corrected chi connectivity index (χ2v) is 5.66. The van der Waals surface area contributed by atoms with E-state index in [2.05, 4.69) is 15.0 Å². The van der Waals surface area contributed by atoms with E-state index in [4.69, 9.17) is 5.21 Å². The van der Waals surface area contributed by atoms with Crippen LogP contribution in [0, 0.1) is 5.82 Å². The molecule has 4 rings (SSSR count). The van der Waals surface area contributed by atoms with Crippen LogP contribution >= 0.6 is 0 Å². The molecule has 0 bridgehead atoms. The predicted octanol–water partition coefficient (Wildman–Crippen LogP) is 1.78. The second kappa shape index (κ2) is 5.57. The summed E-state index contributed by atoms with van der Waals surface area (Å²) < 4.78 is 13.5. The van der Waals surface area contributed by atoms with Crippen LogP contribution in [0.4, 0.5) is 10.3 Å². The van der Waals surface area contributed by atoms with E-state index in [1.807, 2.05) is 4.90 Å². The third kappa shape index (κ3) is 2.37. The molecule has 2 aromatic heterocycles. The van der Waals surface area contributed by atoms with E-state index in [9.17, 15) is 9.18 Å². The Balaban J connectivity index is 1.62. The molecule has 0 aliphatic carbocycles. The maximum atomic E-state index is 13.5. The van der Waals surface area contributed by atoms with Crippen molar-refractivity contribution in [3.05, 3.63) is 53.2 Å². The molecule has 7 nitrogen and oxygen atoms in total. The molecule has 1 aromatic carbocycles. The van der Waals surface area contributed by atoms with Crippen molar-refractivity contribution in [2.45, 2.75) is 13.0 Å². The average Bonchev–Trinajstić information content (AvgIpc) is 2.98. The molecule has 24 heavy (non-hydrogen) atoms. The lowest BCUT2D eigenvalue weighted by Gasteiger charge is -2.27. The van der Waals surface area contributed by atoms with Crippen LogP contribution in [0.3, 0.4) is 0 Å². The minimum atomic E-state index is -0.653. The van der Waals surface area contributed by atoms with Crippen LogP contribution in [-0.4, -0.2) is 32.6 Å². The van der Waals surface area contributed by atoms with Gasteiger partial charge in [0.25, 0.3) is 5.91 Å². The van der Waals surface area contributed by atoms with Crippen LogP contribution in [0.5, 0.6) is 0 Å². The molecule has 0 saturated carbocycles. The van der Waals surface area contributed by atoms with Crippen LogP contribution in [0.2, 0.25) is 0 Å². The first kappa shape index (κ1) is 14.6. The molecular weight excluding hydrogens is 313 g/mol. The minimum Gasteiger partial charge on any atom is -0.357 e. The van der Waals surface area contributed by atoms with Gasteiger partial charge in [0.15, 0.2) is 0 Å². The highest BCUT2D eigenvalue weighted by Crippen LogP contribution is 2.29. The Morgan fingerprint density at radius 1 is 1.33 bits per heavy atom. The fourth-order valence-electron chi connectivity index (χ4n) is 3.05. The summed E-state index contributed by atoms with van der Waals surface area (Å²) >= 11 is 0. The van der Waals surface area contributed by atoms with E-state index in [1.54, 1.807) is 17.6 Å². The zero-order valence-electron chi connectivity index (χ0n) is 12.6.